The molecule has 4 heteroatoms. The predicted octanol–water partition coefficient (Wildman–Crippen LogP) is 2.16. The van der Waals surface area contributed by atoms with Crippen LogP contribution in [-0.2, 0) is 0 Å². The van der Waals surface area contributed by atoms with Crippen molar-refractivity contribution in [2.75, 3.05) is 14.1 Å². The molecule has 16 heavy (non-hydrogen) atoms. The number of hydrogen-bond donors (Lipinski definition) is 0. The molecular weight excluding hydrogens is 226 g/mol. The van der Waals surface area contributed by atoms with Gasteiger partial charge in [-0.15, -0.1) is 0 Å². The molecule has 0 unspecified atom stereocenters. The van der Waals surface area contributed by atoms with Crippen molar-refractivity contribution >= 4 is 23.2 Å². The van der Waals surface area contributed by atoms with E-state index in [-0.39, 0.29) is 17.1 Å². The Kier molecular flexibility index (Phi) is 2.56. The van der Waals surface area contributed by atoms with E-state index >= 15 is 0 Å². The van der Waals surface area contributed by atoms with Crippen LogP contribution in [0.1, 0.15) is 20.7 Å². The first-order chi connectivity index (χ1) is 7.50. The quantitative estimate of drug-likeness (QED) is 0.553. The lowest BCUT2D eigenvalue weighted by Crippen LogP contribution is -2.09. The number of ketones is 2. The number of carbonyl (C=O) groups is 2. The summed E-state index contributed by atoms with van der Waals surface area (Å²) in [5.41, 5.74) is 1.02. The van der Waals surface area contributed by atoms with Crippen molar-refractivity contribution < 1.29 is 9.59 Å². The van der Waals surface area contributed by atoms with Crippen LogP contribution in [0.5, 0.6) is 0 Å². The van der Waals surface area contributed by atoms with E-state index < -0.39 is 0 Å². The molecular formula is C12H10ClNO2. The molecule has 0 aromatic heterocycles. The van der Waals surface area contributed by atoms with Crippen LogP contribution in [0.2, 0.25) is 5.02 Å². The van der Waals surface area contributed by atoms with E-state index in [1.807, 2.05) is 0 Å². The molecule has 0 heterocycles. The van der Waals surface area contributed by atoms with Crippen LogP contribution in [-0.4, -0.2) is 30.6 Å². The van der Waals surface area contributed by atoms with Crippen molar-refractivity contribution in [3.8, 4) is 0 Å². The highest BCUT2D eigenvalue weighted by atomic mass is 35.5. The molecule has 0 saturated carbocycles. The molecule has 0 N–H and O–H groups in total. The van der Waals surface area contributed by atoms with E-state index in [2.05, 4.69) is 0 Å². The first-order valence-corrected chi connectivity index (χ1v) is 5.15. The van der Waals surface area contributed by atoms with Gasteiger partial charge in [-0.1, -0.05) is 11.6 Å². The van der Waals surface area contributed by atoms with E-state index in [9.17, 15) is 9.59 Å². The van der Waals surface area contributed by atoms with Crippen molar-refractivity contribution in [1.29, 1.82) is 0 Å². The molecule has 0 spiro atoms. The van der Waals surface area contributed by atoms with Gasteiger partial charge in [0.15, 0.2) is 11.6 Å². The smallest absolute Gasteiger partial charge is 0.199 e. The van der Waals surface area contributed by atoms with Crippen molar-refractivity contribution in [3.63, 3.8) is 0 Å². The Morgan fingerprint density at radius 3 is 2.38 bits per heavy atom. The number of carbonyl (C=O) groups excluding carboxylic acids is 2. The van der Waals surface area contributed by atoms with Gasteiger partial charge in [0, 0.05) is 36.4 Å². The van der Waals surface area contributed by atoms with Gasteiger partial charge < -0.3 is 4.90 Å². The molecule has 1 aliphatic carbocycles. The number of allylic oxidation sites excluding steroid dienone is 1. The molecule has 0 radical (unpaired) electrons. The molecule has 1 aromatic rings. The average molecular weight is 236 g/mol. The minimum atomic E-state index is -0.254. The fourth-order valence-electron chi connectivity index (χ4n) is 1.67. The standard InChI is InChI=1S/C12H10ClNO2/c1-14(2)6-10-11(15)8-4-3-7(13)5-9(8)12(10)16/h3-6H,1-2H3. The molecule has 82 valence electrons. The van der Waals surface area contributed by atoms with Crippen LogP contribution in [0.25, 0.3) is 0 Å². The van der Waals surface area contributed by atoms with Crippen LogP contribution in [0.4, 0.5) is 0 Å². The Bertz CT molecular complexity index is 518. The Morgan fingerprint density at radius 1 is 1.12 bits per heavy atom. The van der Waals surface area contributed by atoms with E-state index in [1.165, 1.54) is 6.07 Å². The molecule has 2 rings (SSSR count). The lowest BCUT2D eigenvalue weighted by molar-refractivity contribution is 0.0986. The van der Waals surface area contributed by atoms with Gasteiger partial charge in [0.1, 0.15) is 0 Å². The summed E-state index contributed by atoms with van der Waals surface area (Å²) in [5.74, 6) is -0.485. The summed E-state index contributed by atoms with van der Waals surface area (Å²) >= 11 is 5.80. The number of rotatable bonds is 1. The third-order valence-corrected chi connectivity index (χ3v) is 2.58. The number of halogens is 1. The van der Waals surface area contributed by atoms with Crippen LogP contribution in [0.15, 0.2) is 30.0 Å². The Balaban J connectivity index is 2.57. The first-order valence-electron chi connectivity index (χ1n) is 4.78. The van der Waals surface area contributed by atoms with E-state index in [0.29, 0.717) is 16.1 Å². The zero-order chi connectivity index (χ0) is 11.9. The monoisotopic (exact) mass is 235 g/mol. The summed E-state index contributed by atoms with van der Waals surface area (Å²) in [4.78, 5) is 25.5. The minimum Gasteiger partial charge on any atom is -0.383 e. The van der Waals surface area contributed by atoms with Crippen LogP contribution >= 0.6 is 11.6 Å². The van der Waals surface area contributed by atoms with Gasteiger partial charge >= 0.3 is 0 Å². The lowest BCUT2D eigenvalue weighted by atomic mass is 10.1. The number of hydrogen-bond acceptors (Lipinski definition) is 3. The van der Waals surface area contributed by atoms with E-state index in [4.69, 9.17) is 11.6 Å². The number of nitrogens with zero attached hydrogens (tertiary/aromatic N) is 1. The van der Waals surface area contributed by atoms with E-state index in [1.54, 1.807) is 37.3 Å². The summed E-state index contributed by atoms with van der Waals surface area (Å²) in [5, 5.41) is 0.464. The Morgan fingerprint density at radius 2 is 1.75 bits per heavy atom. The summed E-state index contributed by atoms with van der Waals surface area (Å²) in [6, 6.07) is 4.74. The molecule has 0 atom stereocenters. The highest BCUT2D eigenvalue weighted by molar-refractivity contribution is 6.40. The van der Waals surface area contributed by atoms with Crippen molar-refractivity contribution in [3.05, 3.63) is 46.1 Å². The van der Waals surface area contributed by atoms with Crippen LogP contribution < -0.4 is 0 Å². The SMILES string of the molecule is CN(C)C=C1C(=O)c2ccc(Cl)cc2C1=O. The van der Waals surface area contributed by atoms with Gasteiger partial charge in [-0.25, -0.2) is 0 Å². The normalized spacial score (nSPS) is 16.8. The Hall–Kier alpha value is -1.61. The number of Topliss-reactive ketones (excluding diaryl/α,β-unsaturated/α-hetero) is 2. The van der Waals surface area contributed by atoms with Crippen molar-refractivity contribution in [2.45, 2.75) is 0 Å². The van der Waals surface area contributed by atoms with Crippen molar-refractivity contribution in [1.82, 2.24) is 4.90 Å². The largest absolute Gasteiger partial charge is 0.383 e. The predicted molar refractivity (Wildman–Crippen MR) is 61.9 cm³/mol. The number of benzene rings is 1. The molecule has 1 aromatic carbocycles. The molecule has 0 amide bonds. The zero-order valence-corrected chi connectivity index (χ0v) is 9.71. The van der Waals surface area contributed by atoms with Gasteiger partial charge in [-0.05, 0) is 18.2 Å². The maximum Gasteiger partial charge on any atom is 0.199 e. The highest BCUT2D eigenvalue weighted by Crippen LogP contribution is 2.28. The number of fused-ring (bicyclic) bond motifs is 1. The van der Waals surface area contributed by atoms with Crippen LogP contribution in [0, 0.1) is 0 Å². The third kappa shape index (κ3) is 1.63. The van der Waals surface area contributed by atoms with Crippen LogP contribution in [0.3, 0.4) is 0 Å². The van der Waals surface area contributed by atoms with Gasteiger partial charge in [-0.3, -0.25) is 9.59 Å². The summed E-state index contributed by atoms with van der Waals surface area (Å²) in [7, 11) is 3.53. The summed E-state index contributed by atoms with van der Waals surface area (Å²) in [6.07, 6.45) is 1.54. The summed E-state index contributed by atoms with van der Waals surface area (Å²) < 4.78 is 0. The minimum absolute atomic E-state index is 0.197. The fourth-order valence-corrected chi connectivity index (χ4v) is 1.84. The second-order valence-electron chi connectivity index (χ2n) is 3.85. The molecule has 3 nitrogen and oxygen atoms in total. The molecule has 0 bridgehead atoms. The first kappa shape index (κ1) is 10.9. The van der Waals surface area contributed by atoms with Gasteiger partial charge in [0.25, 0.3) is 0 Å². The second kappa shape index (κ2) is 3.76. The maximum atomic E-state index is 11.9. The second-order valence-corrected chi connectivity index (χ2v) is 4.29. The van der Waals surface area contributed by atoms with Crippen molar-refractivity contribution in [2.24, 2.45) is 0 Å². The molecule has 1 aliphatic rings. The summed E-state index contributed by atoms with van der Waals surface area (Å²) in [6.45, 7) is 0. The molecule has 0 saturated heterocycles. The Labute approximate surface area is 98.3 Å². The average Bonchev–Trinajstić information content (AvgIpc) is 2.43. The van der Waals surface area contributed by atoms with Gasteiger partial charge in [-0.2, -0.15) is 0 Å². The van der Waals surface area contributed by atoms with E-state index in [0.717, 1.165) is 0 Å². The molecule has 0 fully saturated rings. The topological polar surface area (TPSA) is 37.4 Å². The molecule has 0 aliphatic heterocycles. The fraction of sp³-hybridized carbons (Fsp3) is 0.167. The lowest BCUT2D eigenvalue weighted by Gasteiger charge is -2.04. The van der Waals surface area contributed by atoms with Gasteiger partial charge in [0.2, 0.25) is 0 Å². The zero-order valence-electron chi connectivity index (χ0n) is 8.95. The van der Waals surface area contributed by atoms with Gasteiger partial charge in [0.05, 0.1) is 5.57 Å². The maximum absolute atomic E-state index is 11.9. The third-order valence-electron chi connectivity index (χ3n) is 2.35. The highest BCUT2D eigenvalue weighted by Gasteiger charge is 2.33.